The molecule has 7 heteroatoms. The first-order valence-corrected chi connectivity index (χ1v) is 9.40. The minimum Gasteiger partial charge on any atom is -0.490 e. The number of carbonyl (C=O) groups excluding carboxylic acids is 1. The number of ether oxygens (including phenoxy) is 2. The molecule has 0 bridgehead atoms. The Morgan fingerprint density at radius 1 is 1.11 bits per heavy atom. The number of hydrogen-bond donors (Lipinski definition) is 0. The number of nitro benzene ring substituents is 1. The summed E-state index contributed by atoms with van der Waals surface area (Å²) in [6.45, 7) is 7.64. The summed E-state index contributed by atoms with van der Waals surface area (Å²) in [6, 6.07) is 8.45. The molecule has 1 aliphatic heterocycles. The summed E-state index contributed by atoms with van der Waals surface area (Å²) in [5, 5.41) is 11.0. The van der Waals surface area contributed by atoms with Crippen molar-refractivity contribution in [3.05, 3.63) is 62.7 Å². The third-order valence-corrected chi connectivity index (χ3v) is 4.81. The van der Waals surface area contributed by atoms with Gasteiger partial charge in [-0.05, 0) is 62.6 Å². The van der Waals surface area contributed by atoms with E-state index in [4.69, 9.17) is 9.47 Å². The van der Waals surface area contributed by atoms with Crippen molar-refractivity contribution in [2.45, 2.75) is 33.7 Å². The first-order chi connectivity index (χ1) is 13.4. The lowest BCUT2D eigenvalue weighted by atomic mass is 9.98. The second-order valence-electron chi connectivity index (χ2n) is 6.67. The van der Waals surface area contributed by atoms with Gasteiger partial charge in [-0.15, -0.1) is 0 Å². The SMILES string of the molecule is CCOc1cc2c(cc1OCC)CN(C(=O)c1ccc([N+](=O)[O-])c(C)c1)CC2. The van der Waals surface area contributed by atoms with E-state index in [9.17, 15) is 14.9 Å². The predicted octanol–water partition coefficient (Wildman–Crippen LogP) is 3.90. The molecule has 0 N–H and O–H groups in total. The van der Waals surface area contributed by atoms with E-state index < -0.39 is 4.92 Å². The summed E-state index contributed by atoms with van der Waals surface area (Å²) >= 11 is 0. The fourth-order valence-corrected chi connectivity index (χ4v) is 3.45. The van der Waals surface area contributed by atoms with E-state index in [1.165, 1.54) is 12.1 Å². The van der Waals surface area contributed by atoms with Crippen molar-refractivity contribution in [1.29, 1.82) is 0 Å². The van der Waals surface area contributed by atoms with E-state index in [-0.39, 0.29) is 11.6 Å². The highest BCUT2D eigenvalue weighted by Crippen LogP contribution is 2.34. The van der Waals surface area contributed by atoms with E-state index >= 15 is 0 Å². The summed E-state index contributed by atoms with van der Waals surface area (Å²) in [5.41, 5.74) is 3.14. The molecule has 0 atom stereocenters. The van der Waals surface area contributed by atoms with Gasteiger partial charge in [-0.25, -0.2) is 0 Å². The summed E-state index contributed by atoms with van der Waals surface area (Å²) < 4.78 is 11.4. The molecule has 2 aromatic rings. The van der Waals surface area contributed by atoms with Gasteiger partial charge < -0.3 is 14.4 Å². The largest absolute Gasteiger partial charge is 0.490 e. The quantitative estimate of drug-likeness (QED) is 0.557. The lowest BCUT2D eigenvalue weighted by Gasteiger charge is -2.30. The van der Waals surface area contributed by atoms with Crippen molar-refractivity contribution < 1.29 is 19.2 Å². The number of rotatable bonds is 6. The minimum atomic E-state index is -0.439. The third kappa shape index (κ3) is 3.93. The summed E-state index contributed by atoms with van der Waals surface area (Å²) in [4.78, 5) is 25.2. The third-order valence-electron chi connectivity index (χ3n) is 4.81. The fraction of sp³-hybridized carbons (Fsp3) is 0.381. The standard InChI is InChI=1S/C21H24N2O5/c1-4-27-19-11-15-8-9-22(13-17(15)12-20(19)28-5-2)21(24)16-6-7-18(23(25)26)14(3)10-16/h6-7,10-12H,4-5,8-9,13H2,1-3H3. The Kier molecular flexibility index (Phi) is 5.82. The molecule has 28 heavy (non-hydrogen) atoms. The van der Waals surface area contributed by atoms with Crippen LogP contribution in [0.15, 0.2) is 30.3 Å². The van der Waals surface area contributed by atoms with Gasteiger partial charge in [-0.1, -0.05) is 0 Å². The van der Waals surface area contributed by atoms with Crippen LogP contribution in [0.3, 0.4) is 0 Å². The minimum absolute atomic E-state index is 0.0188. The van der Waals surface area contributed by atoms with Crippen LogP contribution in [0.2, 0.25) is 0 Å². The Labute approximate surface area is 164 Å². The van der Waals surface area contributed by atoms with Crippen LogP contribution in [-0.4, -0.2) is 35.5 Å². The summed E-state index contributed by atoms with van der Waals surface area (Å²) in [7, 11) is 0. The molecule has 7 nitrogen and oxygen atoms in total. The first-order valence-electron chi connectivity index (χ1n) is 9.40. The maximum atomic E-state index is 12.9. The molecular weight excluding hydrogens is 360 g/mol. The van der Waals surface area contributed by atoms with Crippen LogP contribution in [0.5, 0.6) is 11.5 Å². The van der Waals surface area contributed by atoms with Crippen molar-refractivity contribution in [2.24, 2.45) is 0 Å². The van der Waals surface area contributed by atoms with Gasteiger partial charge in [0.1, 0.15) is 0 Å². The van der Waals surface area contributed by atoms with Crippen molar-refractivity contribution in [2.75, 3.05) is 19.8 Å². The number of amides is 1. The zero-order chi connectivity index (χ0) is 20.3. The highest BCUT2D eigenvalue weighted by molar-refractivity contribution is 5.95. The number of carbonyl (C=O) groups is 1. The number of hydrogen-bond acceptors (Lipinski definition) is 5. The van der Waals surface area contributed by atoms with E-state index in [2.05, 4.69) is 0 Å². The maximum Gasteiger partial charge on any atom is 0.272 e. The molecule has 0 spiro atoms. The monoisotopic (exact) mass is 384 g/mol. The van der Waals surface area contributed by atoms with Crippen LogP contribution < -0.4 is 9.47 Å². The van der Waals surface area contributed by atoms with Crippen LogP contribution in [0, 0.1) is 17.0 Å². The highest BCUT2D eigenvalue weighted by Gasteiger charge is 2.25. The molecule has 0 radical (unpaired) electrons. The molecule has 2 aromatic carbocycles. The highest BCUT2D eigenvalue weighted by atomic mass is 16.6. The molecule has 1 aliphatic rings. The van der Waals surface area contributed by atoms with Crippen LogP contribution >= 0.6 is 0 Å². The average molecular weight is 384 g/mol. The number of nitrogens with zero attached hydrogens (tertiary/aromatic N) is 2. The molecule has 0 aliphatic carbocycles. The molecule has 0 unspecified atom stereocenters. The van der Waals surface area contributed by atoms with E-state index in [1.54, 1.807) is 17.9 Å². The second-order valence-corrected chi connectivity index (χ2v) is 6.67. The predicted molar refractivity (Wildman–Crippen MR) is 105 cm³/mol. The number of nitro groups is 1. The summed E-state index contributed by atoms with van der Waals surface area (Å²) in [6.07, 6.45) is 0.722. The lowest BCUT2D eigenvalue weighted by Crippen LogP contribution is -2.36. The van der Waals surface area contributed by atoms with Gasteiger partial charge >= 0.3 is 0 Å². The first kappa shape index (κ1) is 19.7. The maximum absolute atomic E-state index is 12.9. The molecule has 1 amide bonds. The molecule has 1 heterocycles. The lowest BCUT2D eigenvalue weighted by molar-refractivity contribution is -0.385. The zero-order valence-corrected chi connectivity index (χ0v) is 16.4. The van der Waals surface area contributed by atoms with E-state index in [0.29, 0.717) is 43.2 Å². The van der Waals surface area contributed by atoms with Crippen molar-refractivity contribution in [3.63, 3.8) is 0 Å². The van der Waals surface area contributed by atoms with Gasteiger partial charge in [-0.2, -0.15) is 0 Å². The number of benzene rings is 2. The van der Waals surface area contributed by atoms with Crippen molar-refractivity contribution in [1.82, 2.24) is 4.90 Å². The molecule has 0 fully saturated rings. The Hall–Kier alpha value is -3.09. The Bertz CT molecular complexity index is 910. The number of aryl methyl sites for hydroxylation is 1. The van der Waals surface area contributed by atoms with E-state index in [1.807, 2.05) is 26.0 Å². The van der Waals surface area contributed by atoms with Crippen LogP contribution in [0.4, 0.5) is 5.69 Å². The molecule has 0 saturated heterocycles. The normalized spacial score (nSPS) is 13.0. The molecule has 3 rings (SSSR count). The number of fused-ring (bicyclic) bond motifs is 1. The topological polar surface area (TPSA) is 81.9 Å². The van der Waals surface area contributed by atoms with Gasteiger partial charge in [0.15, 0.2) is 11.5 Å². The van der Waals surface area contributed by atoms with Gasteiger partial charge in [0.2, 0.25) is 0 Å². The Morgan fingerprint density at radius 3 is 2.32 bits per heavy atom. The van der Waals surface area contributed by atoms with Gasteiger partial charge in [-0.3, -0.25) is 14.9 Å². The van der Waals surface area contributed by atoms with Crippen LogP contribution in [0.25, 0.3) is 0 Å². The zero-order valence-electron chi connectivity index (χ0n) is 16.4. The van der Waals surface area contributed by atoms with Crippen molar-refractivity contribution >= 4 is 11.6 Å². The van der Waals surface area contributed by atoms with Crippen LogP contribution in [-0.2, 0) is 13.0 Å². The van der Waals surface area contributed by atoms with Gasteiger partial charge in [0.05, 0.1) is 18.1 Å². The smallest absolute Gasteiger partial charge is 0.272 e. The Balaban J connectivity index is 1.84. The second kappa shape index (κ2) is 8.29. The van der Waals surface area contributed by atoms with Gasteiger partial charge in [0.25, 0.3) is 11.6 Å². The van der Waals surface area contributed by atoms with Gasteiger partial charge in [0, 0.05) is 30.3 Å². The fourth-order valence-electron chi connectivity index (χ4n) is 3.45. The molecule has 0 aromatic heterocycles. The molecule has 0 saturated carbocycles. The van der Waals surface area contributed by atoms with Crippen molar-refractivity contribution in [3.8, 4) is 11.5 Å². The molecular formula is C21H24N2O5. The average Bonchev–Trinajstić information content (AvgIpc) is 2.67. The van der Waals surface area contributed by atoms with E-state index in [0.717, 1.165) is 23.3 Å². The Morgan fingerprint density at radius 2 is 1.75 bits per heavy atom. The molecule has 148 valence electrons. The van der Waals surface area contributed by atoms with Crippen LogP contribution in [0.1, 0.15) is 40.9 Å². The summed E-state index contributed by atoms with van der Waals surface area (Å²) in [5.74, 6) is 1.29.